The van der Waals surface area contributed by atoms with Crippen LogP contribution in [0.1, 0.15) is 63.6 Å². The van der Waals surface area contributed by atoms with Gasteiger partial charge in [-0.1, -0.05) is 42.9 Å². The molecule has 0 saturated carbocycles. The topological polar surface area (TPSA) is 70.3 Å². The molecule has 0 bridgehead atoms. The number of nitriles is 1. The van der Waals surface area contributed by atoms with Crippen LogP contribution in [0.5, 0.6) is 0 Å². The van der Waals surface area contributed by atoms with E-state index < -0.39 is 11.9 Å². The molecule has 0 aliphatic rings. The summed E-state index contributed by atoms with van der Waals surface area (Å²) in [4.78, 5) is 12.3. The minimum Gasteiger partial charge on any atom is -0.494 e. The highest BCUT2D eigenvalue weighted by atomic mass is 16.5. The van der Waals surface area contributed by atoms with E-state index in [-0.39, 0.29) is 5.57 Å². The number of carboxylic acid groups (broad SMARTS) is 1. The normalized spacial score (nSPS) is 12.7. The summed E-state index contributed by atoms with van der Waals surface area (Å²) in [7, 11) is 0. The number of hydrogen-bond donors (Lipinski definition) is 1. The van der Waals surface area contributed by atoms with Crippen LogP contribution in [0.3, 0.4) is 0 Å². The van der Waals surface area contributed by atoms with Gasteiger partial charge in [-0.25, -0.2) is 4.79 Å². The lowest BCUT2D eigenvalue weighted by molar-refractivity contribution is -0.132. The van der Waals surface area contributed by atoms with E-state index in [1.807, 2.05) is 45.9 Å². The van der Waals surface area contributed by atoms with Crippen LogP contribution in [0.2, 0.25) is 0 Å². The number of ether oxygens (including phenoxy) is 1. The fourth-order valence-corrected chi connectivity index (χ4v) is 3.14. The van der Waals surface area contributed by atoms with E-state index in [0.717, 1.165) is 23.1 Å². The van der Waals surface area contributed by atoms with E-state index in [2.05, 4.69) is 12.6 Å². The lowest BCUT2D eigenvalue weighted by Gasteiger charge is -2.26. The lowest BCUT2D eigenvalue weighted by Crippen LogP contribution is -2.18. The number of carboxylic acids is 1. The molecule has 0 radical (unpaired) electrons. The van der Waals surface area contributed by atoms with E-state index in [0.29, 0.717) is 29.1 Å². The van der Waals surface area contributed by atoms with E-state index in [1.54, 1.807) is 26.0 Å². The molecule has 1 N–H and O–H groups in total. The van der Waals surface area contributed by atoms with Crippen LogP contribution in [0.15, 0.2) is 65.0 Å². The van der Waals surface area contributed by atoms with Crippen molar-refractivity contribution in [2.45, 2.75) is 53.9 Å². The minimum absolute atomic E-state index is 0.286. The van der Waals surface area contributed by atoms with Gasteiger partial charge in [0.2, 0.25) is 0 Å². The van der Waals surface area contributed by atoms with Crippen molar-refractivity contribution in [1.29, 1.82) is 5.26 Å². The zero-order valence-electron chi connectivity index (χ0n) is 18.3. The number of aliphatic carboxylic acids is 1. The second-order valence-corrected chi connectivity index (χ2v) is 7.24. The van der Waals surface area contributed by atoms with Crippen molar-refractivity contribution in [3.05, 3.63) is 81.7 Å². The summed E-state index contributed by atoms with van der Waals surface area (Å²) in [5.74, 6) is -1.09. The highest BCUT2D eigenvalue weighted by molar-refractivity contribution is 5.91. The molecule has 0 aromatic heterocycles. The van der Waals surface area contributed by atoms with Crippen molar-refractivity contribution >= 4 is 5.97 Å². The van der Waals surface area contributed by atoms with Crippen LogP contribution >= 0.6 is 0 Å². The van der Waals surface area contributed by atoms with E-state index in [1.165, 1.54) is 0 Å². The molecule has 0 aliphatic heterocycles. The Morgan fingerprint density at radius 1 is 1.34 bits per heavy atom. The Kier molecular flexibility index (Phi) is 9.15. The number of carbonyl (C=O) groups is 1. The number of allylic oxidation sites excluding steroid dienone is 5. The monoisotopic (exact) mass is 393 g/mol. The number of aryl methyl sites for hydroxylation is 1. The molecule has 0 saturated heterocycles. The largest absolute Gasteiger partial charge is 0.494 e. The van der Waals surface area contributed by atoms with Crippen molar-refractivity contribution < 1.29 is 14.6 Å². The maximum atomic E-state index is 12.3. The molecule has 4 heteroatoms. The molecule has 0 heterocycles. The first kappa shape index (κ1) is 24.0. The SMILES string of the molecule is C=C(OCCC)/C(=C\C(C)=C/C)[C@@H](C(C(=O)O)=C(C)C)c1ccc(C#N)cc1C. The quantitative estimate of drug-likeness (QED) is 0.308. The third-order valence-electron chi connectivity index (χ3n) is 4.72. The predicted octanol–water partition coefficient (Wildman–Crippen LogP) is 6.20. The highest BCUT2D eigenvalue weighted by Gasteiger charge is 2.30. The third-order valence-corrected chi connectivity index (χ3v) is 4.72. The maximum Gasteiger partial charge on any atom is 0.332 e. The Morgan fingerprint density at radius 3 is 2.45 bits per heavy atom. The second-order valence-electron chi connectivity index (χ2n) is 7.24. The van der Waals surface area contributed by atoms with Crippen molar-refractivity contribution in [2.75, 3.05) is 6.61 Å². The van der Waals surface area contributed by atoms with Crippen molar-refractivity contribution in [3.63, 3.8) is 0 Å². The first-order valence-electron chi connectivity index (χ1n) is 9.75. The summed E-state index contributed by atoms with van der Waals surface area (Å²) in [5.41, 5.74) is 4.89. The summed E-state index contributed by atoms with van der Waals surface area (Å²) < 4.78 is 5.84. The fraction of sp³-hybridized carbons (Fsp3) is 0.360. The van der Waals surface area contributed by atoms with Gasteiger partial charge in [-0.15, -0.1) is 0 Å². The van der Waals surface area contributed by atoms with Crippen LogP contribution in [0.25, 0.3) is 0 Å². The standard InChI is InChI=1S/C25H31NO3/c1-8-12-29-19(7)22(13-17(5)9-2)24(23(16(3)4)25(27)28)21-11-10-20(15-26)14-18(21)6/h9-11,13-14,24H,7-8,12H2,1-6H3,(H,27,28)/b17-9-,22-13+/t24-/m0/s1. The number of nitrogens with zero attached hydrogens (tertiary/aromatic N) is 1. The molecule has 29 heavy (non-hydrogen) atoms. The molecule has 4 nitrogen and oxygen atoms in total. The van der Waals surface area contributed by atoms with E-state index in [9.17, 15) is 15.2 Å². The Balaban J connectivity index is 3.87. The zero-order valence-corrected chi connectivity index (χ0v) is 18.3. The van der Waals surface area contributed by atoms with Crippen LogP contribution in [-0.2, 0) is 9.53 Å². The molecule has 0 aliphatic carbocycles. The van der Waals surface area contributed by atoms with Crippen LogP contribution in [0.4, 0.5) is 0 Å². The van der Waals surface area contributed by atoms with Crippen LogP contribution in [-0.4, -0.2) is 17.7 Å². The predicted molar refractivity (Wildman–Crippen MR) is 118 cm³/mol. The van der Waals surface area contributed by atoms with Crippen molar-refractivity contribution in [1.82, 2.24) is 0 Å². The van der Waals surface area contributed by atoms with Gasteiger partial charge < -0.3 is 9.84 Å². The molecule has 0 unspecified atom stereocenters. The van der Waals surface area contributed by atoms with Gasteiger partial charge in [-0.05, 0) is 64.3 Å². The van der Waals surface area contributed by atoms with Gasteiger partial charge in [0.1, 0.15) is 5.76 Å². The van der Waals surface area contributed by atoms with Gasteiger partial charge >= 0.3 is 5.97 Å². The van der Waals surface area contributed by atoms with E-state index >= 15 is 0 Å². The molecular formula is C25H31NO3. The Bertz CT molecular complexity index is 906. The average Bonchev–Trinajstić information content (AvgIpc) is 2.67. The van der Waals surface area contributed by atoms with Crippen LogP contribution in [0, 0.1) is 18.3 Å². The first-order chi connectivity index (χ1) is 13.7. The fourth-order valence-electron chi connectivity index (χ4n) is 3.14. The molecule has 1 rings (SSSR count). The van der Waals surface area contributed by atoms with Gasteiger partial charge in [-0.2, -0.15) is 5.26 Å². The van der Waals surface area contributed by atoms with Gasteiger partial charge in [0, 0.05) is 17.1 Å². The molecule has 1 atom stereocenters. The highest BCUT2D eigenvalue weighted by Crippen LogP contribution is 2.40. The summed E-state index contributed by atoms with van der Waals surface area (Å²) >= 11 is 0. The van der Waals surface area contributed by atoms with E-state index in [4.69, 9.17) is 4.74 Å². The second kappa shape index (κ2) is 11.1. The molecule has 154 valence electrons. The maximum absolute atomic E-state index is 12.3. The molecule has 0 spiro atoms. The van der Waals surface area contributed by atoms with Crippen LogP contribution < -0.4 is 0 Å². The molecule has 1 aromatic rings. The molecule has 1 aromatic carbocycles. The molecular weight excluding hydrogens is 362 g/mol. The van der Waals surface area contributed by atoms with Gasteiger partial charge in [0.05, 0.1) is 18.2 Å². The lowest BCUT2D eigenvalue weighted by atomic mass is 9.79. The van der Waals surface area contributed by atoms with Crippen molar-refractivity contribution in [3.8, 4) is 6.07 Å². The first-order valence-corrected chi connectivity index (χ1v) is 9.75. The van der Waals surface area contributed by atoms with Gasteiger partial charge in [0.15, 0.2) is 0 Å². The average molecular weight is 394 g/mol. The summed E-state index contributed by atoms with van der Waals surface area (Å²) in [6.07, 6.45) is 4.72. The molecule has 0 amide bonds. The summed E-state index contributed by atoms with van der Waals surface area (Å²) in [6.45, 7) is 16.0. The van der Waals surface area contributed by atoms with Crippen molar-refractivity contribution in [2.24, 2.45) is 0 Å². The minimum atomic E-state index is -0.980. The number of benzene rings is 1. The third kappa shape index (κ3) is 6.22. The zero-order chi connectivity index (χ0) is 22.1. The van der Waals surface area contributed by atoms with Gasteiger partial charge in [-0.3, -0.25) is 0 Å². The smallest absolute Gasteiger partial charge is 0.332 e. The number of hydrogen-bond acceptors (Lipinski definition) is 3. The Labute approximate surface area is 174 Å². The van der Waals surface area contributed by atoms with Gasteiger partial charge in [0.25, 0.3) is 0 Å². The number of rotatable bonds is 9. The Hall–Kier alpha value is -3.06. The summed E-state index contributed by atoms with van der Waals surface area (Å²) in [5, 5.41) is 19.3. The Morgan fingerprint density at radius 2 is 2.00 bits per heavy atom. The molecule has 0 fully saturated rings. The summed E-state index contributed by atoms with van der Waals surface area (Å²) in [6, 6.07) is 7.46.